The lowest BCUT2D eigenvalue weighted by atomic mass is 10.2. The molecule has 0 aromatic heterocycles. The van der Waals surface area contributed by atoms with Gasteiger partial charge >= 0.3 is 5.97 Å². The number of benzene rings is 2. The number of esters is 1. The normalized spacial score (nSPS) is 10.4. The molecule has 0 saturated heterocycles. The van der Waals surface area contributed by atoms with E-state index in [1.165, 1.54) is 24.3 Å². The van der Waals surface area contributed by atoms with E-state index in [1.54, 1.807) is 31.4 Å². The molecular weight excluding hydrogens is 352 g/mol. The predicted molar refractivity (Wildman–Crippen MR) is 97.9 cm³/mol. The summed E-state index contributed by atoms with van der Waals surface area (Å²) < 4.78 is 9.94. The molecule has 0 unspecified atom stereocenters. The molecule has 2 aromatic rings. The van der Waals surface area contributed by atoms with Crippen molar-refractivity contribution in [2.24, 2.45) is 0 Å². The summed E-state index contributed by atoms with van der Waals surface area (Å²) in [6.07, 6.45) is 2.48. The third-order valence-electron chi connectivity index (χ3n) is 3.46. The number of carbonyl (C=O) groups is 2. The van der Waals surface area contributed by atoms with Crippen molar-refractivity contribution in [1.82, 2.24) is 5.32 Å². The van der Waals surface area contributed by atoms with E-state index in [4.69, 9.17) is 9.47 Å². The molecule has 2 rings (SSSR count). The fourth-order valence-corrected chi connectivity index (χ4v) is 2.13. The average molecular weight is 370 g/mol. The van der Waals surface area contributed by atoms with Gasteiger partial charge in [0.25, 0.3) is 11.6 Å². The van der Waals surface area contributed by atoms with Gasteiger partial charge in [-0.25, -0.2) is 4.79 Å². The first-order chi connectivity index (χ1) is 13.0. The van der Waals surface area contributed by atoms with Gasteiger partial charge in [0.2, 0.25) is 0 Å². The monoisotopic (exact) mass is 370 g/mol. The van der Waals surface area contributed by atoms with Crippen molar-refractivity contribution in [2.45, 2.75) is 6.54 Å². The summed E-state index contributed by atoms with van der Waals surface area (Å²) in [5.74, 6) is -0.493. The van der Waals surface area contributed by atoms with E-state index in [9.17, 15) is 19.7 Å². The third kappa shape index (κ3) is 6.62. The number of methoxy groups -OCH3 is 1. The number of nitro benzene ring substituents is 1. The van der Waals surface area contributed by atoms with Crippen LogP contribution < -0.4 is 10.1 Å². The highest BCUT2D eigenvalue weighted by atomic mass is 16.6. The number of ether oxygens (including phenoxy) is 2. The number of rotatable bonds is 8. The van der Waals surface area contributed by atoms with Crippen molar-refractivity contribution in [3.05, 3.63) is 75.8 Å². The number of carbonyl (C=O) groups excluding carboxylic acids is 2. The zero-order valence-corrected chi connectivity index (χ0v) is 14.6. The van der Waals surface area contributed by atoms with Crippen LogP contribution in [0.3, 0.4) is 0 Å². The van der Waals surface area contributed by atoms with E-state index in [0.717, 1.165) is 11.6 Å². The summed E-state index contributed by atoms with van der Waals surface area (Å²) in [5, 5.41) is 13.3. The van der Waals surface area contributed by atoms with Gasteiger partial charge in [0, 0.05) is 24.8 Å². The summed E-state index contributed by atoms with van der Waals surface area (Å²) in [6.45, 7) is -0.154. The van der Waals surface area contributed by atoms with E-state index >= 15 is 0 Å². The number of nitrogens with one attached hydrogen (secondary N) is 1. The molecule has 0 heterocycles. The van der Waals surface area contributed by atoms with Crippen LogP contribution in [0.1, 0.15) is 11.1 Å². The second-order valence-corrected chi connectivity index (χ2v) is 5.42. The minimum Gasteiger partial charge on any atom is -0.497 e. The highest BCUT2D eigenvalue weighted by Gasteiger charge is 2.07. The van der Waals surface area contributed by atoms with Gasteiger partial charge in [0.05, 0.1) is 12.0 Å². The molecular formula is C19H18N2O6. The van der Waals surface area contributed by atoms with Gasteiger partial charge < -0.3 is 14.8 Å². The third-order valence-corrected chi connectivity index (χ3v) is 3.46. The number of nitrogens with zero attached hydrogens (tertiary/aromatic N) is 1. The van der Waals surface area contributed by atoms with Gasteiger partial charge in [0.15, 0.2) is 6.61 Å². The van der Waals surface area contributed by atoms with E-state index in [2.05, 4.69) is 5.32 Å². The van der Waals surface area contributed by atoms with E-state index in [0.29, 0.717) is 11.3 Å². The molecule has 0 atom stereocenters. The summed E-state index contributed by atoms with van der Waals surface area (Å²) in [5.41, 5.74) is 1.24. The molecule has 0 aliphatic heterocycles. The highest BCUT2D eigenvalue weighted by molar-refractivity contribution is 5.89. The summed E-state index contributed by atoms with van der Waals surface area (Å²) >= 11 is 0. The molecule has 8 nitrogen and oxygen atoms in total. The second kappa shape index (κ2) is 9.71. The Balaban J connectivity index is 1.78. The Bertz CT molecular complexity index is 863. The lowest BCUT2D eigenvalue weighted by Crippen LogP contribution is -2.28. The van der Waals surface area contributed by atoms with Crippen LogP contribution in [-0.2, 0) is 20.9 Å². The van der Waals surface area contributed by atoms with Crippen LogP contribution in [-0.4, -0.2) is 30.5 Å². The molecule has 0 saturated carbocycles. The Labute approximate surface area is 155 Å². The molecule has 0 aliphatic carbocycles. The van der Waals surface area contributed by atoms with Crippen LogP contribution in [0.4, 0.5) is 5.69 Å². The number of nitro groups is 1. The molecule has 1 N–H and O–H groups in total. The first-order valence-electron chi connectivity index (χ1n) is 7.97. The van der Waals surface area contributed by atoms with Crippen molar-refractivity contribution >= 4 is 23.6 Å². The van der Waals surface area contributed by atoms with E-state index < -0.39 is 23.4 Å². The molecule has 0 spiro atoms. The van der Waals surface area contributed by atoms with Crippen LogP contribution >= 0.6 is 0 Å². The molecule has 0 radical (unpaired) electrons. The molecule has 0 bridgehead atoms. The molecule has 27 heavy (non-hydrogen) atoms. The SMILES string of the molecule is COc1cccc(CNC(=O)COC(=O)/C=C/c2cccc([N+](=O)[O-])c2)c1. The van der Waals surface area contributed by atoms with Gasteiger partial charge in [0.1, 0.15) is 5.75 Å². The lowest BCUT2D eigenvalue weighted by molar-refractivity contribution is -0.384. The first kappa shape index (κ1) is 19.6. The molecule has 0 aliphatic rings. The van der Waals surface area contributed by atoms with Gasteiger partial charge in [-0.3, -0.25) is 14.9 Å². The van der Waals surface area contributed by atoms with E-state index in [1.807, 2.05) is 6.07 Å². The van der Waals surface area contributed by atoms with Crippen LogP contribution in [0.15, 0.2) is 54.6 Å². The molecule has 1 amide bonds. The Kier molecular flexibility index (Phi) is 7.07. The Morgan fingerprint density at radius 3 is 2.70 bits per heavy atom. The number of hydrogen-bond acceptors (Lipinski definition) is 6. The number of hydrogen-bond donors (Lipinski definition) is 1. The molecule has 0 fully saturated rings. The zero-order chi connectivity index (χ0) is 19.6. The van der Waals surface area contributed by atoms with Gasteiger partial charge in [-0.1, -0.05) is 24.3 Å². The number of non-ortho nitro benzene ring substituents is 1. The highest BCUT2D eigenvalue weighted by Crippen LogP contribution is 2.14. The van der Waals surface area contributed by atoms with Crippen molar-refractivity contribution < 1.29 is 24.0 Å². The van der Waals surface area contributed by atoms with Crippen LogP contribution in [0.5, 0.6) is 5.75 Å². The lowest BCUT2D eigenvalue weighted by Gasteiger charge is -2.07. The van der Waals surface area contributed by atoms with Gasteiger partial charge in [-0.05, 0) is 29.3 Å². The maximum atomic E-state index is 11.8. The van der Waals surface area contributed by atoms with Gasteiger partial charge in [-0.2, -0.15) is 0 Å². The summed E-state index contributed by atoms with van der Waals surface area (Å²) in [4.78, 5) is 33.6. The minimum atomic E-state index is -0.724. The Hall–Kier alpha value is -3.68. The average Bonchev–Trinajstić information content (AvgIpc) is 2.69. The standard InChI is InChI=1S/C19H18N2O6/c1-26-17-7-3-5-15(11-17)12-20-18(22)13-27-19(23)9-8-14-4-2-6-16(10-14)21(24)25/h2-11H,12-13H2,1H3,(H,20,22)/b9-8+. The second-order valence-electron chi connectivity index (χ2n) is 5.42. The Morgan fingerprint density at radius 1 is 1.19 bits per heavy atom. The number of amides is 1. The summed E-state index contributed by atoms with van der Waals surface area (Å²) in [7, 11) is 1.55. The van der Waals surface area contributed by atoms with Crippen LogP contribution in [0.2, 0.25) is 0 Å². The summed E-state index contributed by atoms with van der Waals surface area (Å²) in [6, 6.07) is 13.0. The smallest absolute Gasteiger partial charge is 0.331 e. The van der Waals surface area contributed by atoms with E-state index in [-0.39, 0.29) is 12.2 Å². The quantitative estimate of drug-likeness (QED) is 0.331. The fourth-order valence-electron chi connectivity index (χ4n) is 2.13. The first-order valence-corrected chi connectivity index (χ1v) is 7.97. The fraction of sp³-hybridized carbons (Fsp3) is 0.158. The minimum absolute atomic E-state index is 0.0811. The van der Waals surface area contributed by atoms with Crippen molar-refractivity contribution in [3.63, 3.8) is 0 Å². The molecule has 140 valence electrons. The van der Waals surface area contributed by atoms with Crippen LogP contribution in [0.25, 0.3) is 6.08 Å². The maximum Gasteiger partial charge on any atom is 0.331 e. The molecule has 2 aromatic carbocycles. The predicted octanol–water partition coefficient (Wildman–Crippen LogP) is 2.48. The largest absolute Gasteiger partial charge is 0.497 e. The van der Waals surface area contributed by atoms with Crippen molar-refractivity contribution in [1.29, 1.82) is 0 Å². The van der Waals surface area contributed by atoms with Crippen molar-refractivity contribution in [3.8, 4) is 5.75 Å². The van der Waals surface area contributed by atoms with Crippen LogP contribution in [0, 0.1) is 10.1 Å². The molecule has 8 heteroatoms. The zero-order valence-electron chi connectivity index (χ0n) is 14.6. The Morgan fingerprint density at radius 2 is 1.96 bits per heavy atom. The topological polar surface area (TPSA) is 108 Å². The maximum absolute atomic E-state index is 11.8. The van der Waals surface area contributed by atoms with Gasteiger partial charge in [-0.15, -0.1) is 0 Å². The van der Waals surface area contributed by atoms with Crippen molar-refractivity contribution in [2.75, 3.05) is 13.7 Å².